The van der Waals surface area contributed by atoms with Crippen LogP contribution in [0.2, 0.25) is 18.1 Å². The summed E-state index contributed by atoms with van der Waals surface area (Å²) in [5.41, 5.74) is 5.75. The number of rotatable bonds is 3. The molecule has 0 saturated heterocycles. The fraction of sp³-hybridized carbons (Fsp3) is 0.692. The zero-order chi connectivity index (χ0) is 13.0. The average molecular weight is 240 g/mol. The zero-order valence-electron chi connectivity index (χ0n) is 11.6. The van der Waals surface area contributed by atoms with Gasteiger partial charge >= 0.3 is 5.97 Å². The molecule has 0 heterocycles. The highest BCUT2D eigenvalue weighted by atomic mass is 28.3. The van der Waals surface area contributed by atoms with Crippen molar-refractivity contribution in [3.8, 4) is 0 Å². The first-order valence-corrected chi connectivity index (χ1v) is 8.81. The van der Waals surface area contributed by atoms with Crippen molar-refractivity contribution < 1.29 is 9.53 Å². The van der Waals surface area contributed by atoms with Crippen molar-refractivity contribution in [2.45, 2.75) is 52.8 Å². The summed E-state index contributed by atoms with van der Waals surface area (Å²) in [5.74, 6) is -0.266. The molecule has 92 valence electrons. The predicted molar refractivity (Wildman–Crippen MR) is 71.1 cm³/mol. The van der Waals surface area contributed by atoms with Gasteiger partial charge in [-0.05, 0) is 18.9 Å². The monoisotopic (exact) mass is 240 g/mol. The molecule has 0 saturated carbocycles. The summed E-state index contributed by atoms with van der Waals surface area (Å²) in [6, 6.07) is 0. The van der Waals surface area contributed by atoms with Crippen molar-refractivity contribution in [1.82, 2.24) is 0 Å². The van der Waals surface area contributed by atoms with Gasteiger partial charge < -0.3 is 4.74 Å². The molecule has 0 bridgehead atoms. The van der Waals surface area contributed by atoms with Gasteiger partial charge in [-0.25, -0.2) is 4.79 Å². The SMILES string of the molecule is CCOC(=O)C(C)=C=C[Si](C)(C)C(C)(C)C. The first-order valence-electron chi connectivity index (χ1n) is 5.73. The van der Waals surface area contributed by atoms with Crippen molar-refractivity contribution in [1.29, 1.82) is 0 Å². The second kappa shape index (κ2) is 5.51. The first kappa shape index (κ1) is 15.2. The van der Waals surface area contributed by atoms with Crippen LogP contribution in [0.3, 0.4) is 0 Å². The molecule has 0 fully saturated rings. The number of carbonyl (C=O) groups excluding carboxylic acids is 1. The lowest BCUT2D eigenvalue weighted by atomic mass is 10.2. The molecule has 0 aliphatic carbocycles. The third-order valence-corrected chi connectivity index (χ3v) is 7.90. The summed E-state index contributed by atoms with van der Waals surface area (Å²) in [7, 11) is -1.50. The number of ether oxygens (including phenoxy) is 1. The summed E-state index contributed by atoms with van der Waals surface area (Å²) >= 11 is 0. The third-order valence-electron chi connectivity index (χ3n) is 3.16. The normalized spacial score (nSPS) is 11.7. The van der Waals surface area contributed by atoms with E-state index in [0.29, 0.717) is 12.2 Å². The molecule has 0 radical (unpaired) electrons. The summed E-state index contributed by atoms with van der Waals surface area (Å²) in [6.45, 7) is 15.2. The van der Waals surface area contributed by atoms with E-state index in [1.165, 1.54) is 0 Å². The van der Waals surface area contributed by atoms with Gasteiger partial charge in [0, 0.05) is 0 Å². The van der Waals surface area contributed by atoms with Crippen LogP contribution in [-0.4, -0.2) is 20.7 Å². The van der Waals surface area contributed by atoms with Gasteiger partial charge in [0.05, 0.1) is 20.3 Å². The van der Waals surface area contributed by atoms with Crippen molar-refractivity contribution in [3.63, 3.8) is 0 Å². The molecular formula is C13H24O2Si. The van der Waals surface area contributed by atoms with Crippen LogP contribution >= 0.6 is 0 Å². The predicted octanol–water partition coefficient (Wildman–Crippen LogP) is 3.70. The summed E-state index contributed by atoms with van der Waals surface area (Å²) in [5, 5.41) is 0.273. The smallest absolute Gasteiger partial charge is 0.341 e. The van der Waals surface area contributed by atoms with Gasteiger partial charge in [-0.2, -0.15) is 0 Å². The molecule has 0 spiro atoms. The van der Waals surface area contributed by atoms with Gasteiger partial charge in [0.2, 0.25) is 0 Å². The average Bonchev–Trinajstić information content (AvgIpc) is 2.12. The summed E-state index contributed by atoms with van der Waals surface area (Å²) in [6.07, 6.45) is 0. The summed E-state index contributed by atoms with van der Waals surface area (Å²) < 4.78 is 4.91. The van der Waals surface area contributed by atoms with E-state index >= 15 is 0 Å². The second-order valence-electron chi connectivity index (χ2n) is 5.61. The van der Waals surface area contributed by atoms with Crippen LogP contribution in [0.25, 0.3) is 0 Å². The van der Waals surface area contributed by atoms with Crippen LogP contribution in [0.15, 0.2) is 17.0 Å². The van der Waals surface area contributed by atoms with Gasteiger partial charge in [-0.15, -0.1) is 5.73 Å². The number of esters is 1. The number of hydrogen-bond donors (Lipinski definition) is 0. The molecule has 0 aromatic rings. The first-order chi connectivity index (χ1) is 7.12. The lowest BCUT2D eigenvalue weighted by molar-refractivity contribution is -0.138. The largest absolute Gasteiger partial charge is 0.462 e. The quantitative estimate of drug-likeness (QED) is 0.325. The van der Waals surface area contributed by atoms with E-state index in [-0.39, 0.29) is 11.0 Å². The lowest BCUT2D eigenvalue weighted by Gasteiger charge is -2.33. The number of carbonyl (C=O) groups is 1. The molecule has 0 amide bonds. The third kappa shape index (κ3) is 4.38. The Morgan fingerprint density at radius 3 is 2.25 bits per heavy atom. The molecule has 2 nitrogen and oxygen atoms in total. The van der Waals surface area contributed by atoms with Crippen LogP contribution in [-0.2, 0) is 9.53 Å². The van der Waals surface area contributed by atoms with Crippen molar-refractivity contribution >= 4 is 14.0 Å². The maximum absolute atomic E-state index is 11.4. The van der Waals surface area contributed by atoms with Crippen molar-refractivity contribution in [3.05, 3.63) is 17.0 Å². The Morgan fingerprint density at radius 2 is 1.88 bits per heavy atom. The van der Waals surface area contributed by atoms with Gasteiger partial charge in [-0.3, -0.25) is 0 Å². The van der Waals surface area contributed by atoms with Crippen LogP contribution in [0.4, 0.5) is 0 Å². The zero-order valence-corrected chi connectivity index (χ0v) is 12.6. The molecule has 0 unspecified atom stereocenters. The van der Waals surface area contributed by atoms with E-state index in [1.54, 1.807) is 6.92 Å². The molecule has 3 heteroatoms. The van der Waals surface area contributed by atoms with E-state index in [4.69, 9.17) is 4.74 Å². The lowest BCUT2D eigenvalue weighted by Crippen LogP contribution is -2.34. The van der Waals surface area contributed by atoms with E-state index in [9.17, 15) is 4.79 Å². The molecule has 0 atom stereocenters. The van der Waals surface area contributed by atoms with Crippen LogP contribution in [0.1, 0.15) is 34.6 Å². The van der Waals surface area contributed by atoms with Crippen LogP contribution in [0, 0.1) is 0 Å². The van der Waals surface area contributed by atoms with Crippen LogP contribution < -0.4 is 0 Å². The highest BCUT2D eigenvalue weighted by Crippen LogP contribution is 2.36. The van der Waals surface area contributed by atoms with Gasteiger partial charge in [-0.1, -0.05) is 39.6 Å². The Kier molecular flexibility index (Phi) is 5.24. The standard InChI is InChI=1S/C13H24O2Si/c1-8-15-12(14)11(2)9-10-16(6,7)13(3,4)5/h10H,8H2,1-7H3. The maximum Gasteiger partial charge on any atom is 0.341 e. The molecule has 0 aliphatic heterocycles. The molecule has 16 heavy (non-hydrogen) atoms. The molecule has 0 aromatic heterocycles. The van der Waals surface area contributed by atoms with E-state index in [0.717, 1.165) is 0 Å². The molecule has 0 aliphatic rings. The second-order valence-corrected chi connectivity index (χ2v) is 10.8. The Balaban J connectivity index is 4.95. The fourth-order valence-corrected chi connectivity index (χ4v) is 1.81. The summed E-state index contributed by atoms with van der Waals surface area (Å²) in [4.78, 5) is 11.4. The minimum Gasteiger partial charge on any atom is -0.462 e. The fourth-order valence-electron chi connectivity index (χ4n) is 0.803. The van der Waals surface area contributed by atoms with Crippen molar-refractivity contribution in [2.75, 3.05) is 6.61 Å². The Morgan fingerprint density at radius 1 is 1.38 bits per heavy atom. The van der Waals surface area contributed by atoms with E-state index < -0.39 is 8.07 Å². The van der Waals surface area contributed by atoms with Gasteiger partial charge in [0.1, 0.15) is 0 Å². The highest BCUT2D eigenvalue weighted by Gasteiger charge is 2.32. The molecule has 0 rings (SSSR count). The molecule has 0 N–H and O–H groups in total. The Hall–Kier alpha value is -0.793. The molecule has 0 aromatic carbocycles. The maximum atomic E-state index is 11.4. The van der Waals surface area contributed by atoms with Crippen LogP contribution in [0.5, 0.6) is 0 Å². The van der Waals surface area contributed by atoms with E-state index in [1.807, 2.05) is 6.92 Å². The highest BCUT2D eigenvalue weighted by molar-refractivity contribution is 6.84. The Labute approximate surface area is 100 Å². The van der Waals surface area contributed by atoms with Crippen molar-refractivity contribution in [2.24, 2.45) is 0 Å². The number of hydrogen-bond acceptors (Lipinski definition) is 2. The van der Waals surface area contributed by atoms with Gasteiger partial charge in [0.25, 0.3) is 0 Å². The molecular weight excluding hydrogens is 216 g/mol. The minimum atomic E-state index is -1.50. The Bertz CT molecular complexity index is 315. The van der Waals surface area contributed by atoms with E-state index in [2.05, 4.69) is 45.3 Å². The minimum absolute atomic E-state index is 0.266. The van der Waals surface area contributed by atoms with Gasteiger partial charge in [0.15, 0.2) is 0 Å². The topological polar surface area (TPSA) is 26.3 Å².